The lowest BCUT2D eigenvalue weighted by atomic mass is 10.0. The Morgan fingerprint density at radius 3 is 2.50 bits per heavy atom. The highest BCUT2D eigenvalue weighted by molar-refractivity contribution is 5.84. The third kappa shape index (κ3) is 5.66. The number of nitrogens with one attached hydrogen (secondary N) is 2. The summed E-state index contributed by atoms with van der Waals surface area (Å²) >= 11 is 0. The normalized spacial score (nSPS) is 12.0. The number of pyridine rings is 1. The number of rotatable bonds is 7. The van der Waals surface area contributed by atoms with Gasteiger partial charge in [0.2, 0.25) is 0 Å². The Balaban J connectivity index is 1.97. The number of carbonyl (C=O) groups excluding carboxylic acids is 1. The molecule has 128 valence electrons. The highest BCUT2D eigenvalue weighted by Crippen LogP contribution is 2.20. The van der Waals surface area contributed by atoms with Crippen molar-refractivity contribution in [3.63, 3.8) is 0 Å². The first kappa shape index (κ1) is 17.9. The second-order valence-electron chi connectivity index (χ2n) is 6.13. The second kappa shape index (κ2) is 9.03. The highest BCUT2D eigenvalue weighted by atomic mass is 16.5. The molecule has 0 bridgehead atoms. The summed E-state index contributed by atoms with van der Waals surface area (Å²) < 4.78 is 4.58. The number of benzene rings is 1. The van der Waals surface area contributed by atoms with Crippen LogP contribution >= 0.6 is 0 Å². The average molecular weight is 327 g/mol. The monoisotopic (exact) mass is 327 g/mol. The smallest absolute Gasteiger partial charge is 0.411 e. The van der Waals surface area contributed by atoms with Gasteiger partial charge in [-0.25, -0.2) is 4.79 Å². The predicted octanol–water partition coefficient (Wildman–Crippen LogP) is 4.14. The average Bonchev–Trinajstić information content (AvgIpc) is 2.60. The van der Waals surface area contributed by atoms with Crippen molar-refractivity contribution in [2.75, 3.05) is 12.4 Å². The van der Waals surface area contributed by atoms with E-state index in [1.807, 2.05) is 42.6 Å². The molecule has 0 saturated carbocycles. The van der Waals surface area contributed by atoms with E-state index in [1.54, 1.807) is 0 Å². The van der Waals surface area contributed by atoms with E-state index < -0.39 is 6.09 Å². The van der Waals surface area contributed by atoms with Crippen LogP contribution in [-0.4, -0.2) is 18.2 Å². The van der Waals surface area contributed by atoms with Gasteiger partial charge in [0.05, 0.1) is 12.8 Å². The number of hydrogen-bond acceptors (Lipinski definition) is 4. The lowest BCUT2D eigenvalue weighted by Gasteiger charge is -2.20. The summed E-state index contributed by atoms with van der Waals surface area (Å²) in [6.07, 6.45) is 2.39. The zero-order valence-electron chi connectivity index (χ0n) is 14.5. The van der Waals surface area contributed by atoms with E-state index in [2.05, 4.69) is 40.3 Å². The Bertz CT molecular complexity index is 627. The van der Waals surface area contributed by atoms with Crippen molar-refractivity contribution >= 4 is 11.8 Å². The molecular weight excluding hydrogens is 302 g/mol. The summed E-state index contributed by atoms with van der Waals surface area (Å²) in [5.41, 5.74) is 2.93. The maximum Gasteiger partial charge on any atom is 0.411 e. The summed E-state index contributed by atoms with van der Waals surface area (Å²) in [7, 11) is 1.35. The van der Waals surface area contributed by atoms with Gasteiger partial charge in [-0.1, -0.05) is 32.0 Å². The third-order valence-electron chi connectivity index (χ3n) is 3.69. The quantitative estimate of drug-likeness (QED) is 0.802. The van der Waals surface area contributed by atoms with Crippen molar-refractivity contribution < 1.29 is 9.53 Å². The molecule has 0 aliphatic carbocycles. The zero-order valence-corrected chi connectivity index (χ0v) is 14.5. The molecule has 0 spiro atoms. The molecule has 1 amide bonds. The molecule has 0 fully saturated rings. The number of nitrogens with zero attached hydrogens (tertiary/aromatic N) is 1. The Hall–Kier alpha value is -2.40. The van der Waals surface area contributed by atoms with Crippen LogP contribution in [0.25, 0.3) is 0 Å². The highest BCUT2D eigenvalue weighted by Gasteiger charge is 2.14. The Morgan fingerprint density at radius 2 is 1.92 bits per heavy atom. The van der Waals surface area contributed by atoms with Crippen LogP contribution in [0.5, 0.6) is 0 Å². The van der Waals surface area contributed by atoms with E-state index >= 15 is 0 Å². The molecule has 0 saturated heterocycles. The predicted molar refractivity (Wildman–Crippen MR) is 95.7 cm³/mol. The lowest BCUT2D eigenvalue weighted by Crippen LogP contribution is -2.23. The molecule has 0 radical (unpaired) electrons. The molecule has 5 heteroatoms. The van der Waals surface area contributed by atoms with Gasteiger partial charge in [-0.15, -0.1) is 0 Å². The van der Waals surface area contributed by atoms with Crippen molar-refractivity contribution in [3.8, 4) is 0 Å². The van der Waals surface area contributed by atoms with Gasteiger partial charge >= 0.3 is 6.09 Å². The molecule has 1 aromatic carbocycles. The number of carbonyl (C=O) groups is 1. The summed E-state index contributed by atoms with van der Waals surface area (Å²) in [4.78, 5) is 15.7. The number of methoxy groups -OCH3 is 1. The van der Waals surface area contributed by atoms with Crippen LogP contribution in [0.3, 0.4) is 0 Å². The molecule has 24 heavy (non-hydrogen) atoms. The van der Waals surface area contributed by atoms with Crippen molar-refractivity contribution in [1.82, 2.24) is 10.3 Å². The minimum Gasteiger partial charge on any atom is -0.453 e. The Kier molecular flexibility index (Phi) is 6.75. The SMILES string of the molecule is COC(=O)Nc1ccc(CN[C@H](CC(C)C)c2ccccn2)cc1. The van der Waals surface area contributed by atoms with Crippen molar-refractivity contribution in [2.24, 2.45) is 5.92 Å². The van der Waals surface area contributed by atoms with Gasteiger partial charge in [0.25, 0.3) is 0 Å². The summed E-state index contributed by atoms with van der Waals surface area (Å²) in [6, 6.07) is 13.9. The molecule has 1 aromatic heterocycles. The van der Waals surface area contributed by atoms with E-state index in [-0.39, 0.29) is 6.04 Å². The summed E-state index contributed by atoms with van der Waals surface area (Å²) in [5, 5.41) is 6.22. The van der Waals surface area contributed by atoms with Gasteiger partial charge in [-0.05, 0) is 42.2 Å². The van der Waals surface area contributed by atoms with E-state index in [0.29, 0.717) is 11.6 Å². The van der Waals surface area contributed by atoms with Gasteiger partial charge in [0, 0.05) is 24.5 Å². The number of hydrogen-bond donors (Lipinski definition) is 2. The largest absolute Gasteiger partial charge is 0.453 e. The summed E-state index contributed by atoms with van der Waals surface area (Å²) in [6.45, 7) is 5.17. The number of amides is 1. The fourth-order valence-electron chi connectivity index (χ4n) is 2.48. The number of anilines is 1. The van der Waals surface area contributed by atoms with Crippen LogP contribution in [-0.2, 0) is 11.3 Å². The first-order valence-electron chi connectivity index (χ1n) is 8.16. The fraction of sp³-hybridized carbons (Fsp3) is 0.368. The molecule has 2 N–H and O–H groups in total. The molecule has 0 unspecified atom stereocenters. The van der Waals surface area contributed by atoms with Gasteiger partial charge < -0.3 is 10.1 Å². The first-order chi connectivity index (χ1) is 11.6. The van der Waals surface area contributed by atoms with Crippen molar-refractivity contribution in [1.29, 1.82) is 0 Å². The molecule has 1 heterocycles. The van der Waals surface area contributed by atoms with Crippen LogP contribution < -0.4 is 10.6 Å². The Morgan fingerprint density at radius 1 is 1.17 bits per heavy atom. The van der Waals surface area contributed by atoms with Crippen LogP contribution in [0.4, 0.5) is 10.5 Å². The van der Waals surface area contributed by atoms with Crippen molar-refractivity contribution in [2.45, 2.75) is 32.9 Å². The maximum absolute atomic E-state index is 11.2. The van der Waals surface area contributed by atoms with E-state index in [9.17, 15) is 4.79 Å². The standard InChI is InChI=1S/C19H25N3O2/c1-14(2)12-18(17-6-4-5-11-20-17)21-13-15-7-9-16(10-8-15)22-19(23)24-3/h4-11,14,18,21H,12-13H2,1-3H3,(H,22,23)/t18-/m1/s1. The van der Waals surface area contributed by atoms with Crippen LogP contribution in [0.1, 0.15) is 37.6 Å². The molecule has 0 aliphatic rings. The first-order valence-corrected chi connectivity index (χ1v) is 8.16. The van der Waals surface area contributed by atoms with Gasteiger partial charge in [-0.3, -0.25) is 10.3 Å². The second-order valence-corrected chi connectivity index (χ2v) is 6.13. The molecule has 1 atom stereocenters. The molecular formula is C19H25N3O2. The van der Waals surface area contributed by atoms with E-state index in [0.717, 1.165) is 24.2 Å². The van der Waals surface area contributed by atoms with E-state index in [4.69, 9.17) is 0 Å². The van der Waals surface area contributed by atoms with Crippen LogP contribution in [0, 0.1) is 5.92 Å². The van der Waals surface area contributed by atoms with Crippen LogP contribution in [0.2, 0.25) is 0 Å². The molecule has 2 aromatic rings. The van der Waals surface area contributed by atoms with Gasteiger partial charge in [0.15, 0.2) is 0 Å². The molecule has 2 rings (SSSR count). The van der Waals surface area contributed by atoms with E-state index in [1.165, 1.54) is 7.11 Å². The third-order valence-corrected chi connectivity index (χ3v) is 3.69. The lowest BCUT2D eigenvalue weighted by molar-refractivity contribution is 0.187. The van der Waals surface area contributed by atoms with Gasteiger partial charge in [0.1, 0.15) is 0 Å². The fourth-order valence-corrected chi connectivity index (χ4v) is 2.48. The summed E-state index contributed by atoms with van der Waals surface area (Å²) in [5.74, 6) is 0.580. The topological polar surface area (TPSA) is 63.2 Å². The molecule has 5 nitrogen and oxygen atoms in total. The minimum absolute atomic E-state index is 0.221. The van der Waals surface area contributed by atoms with Gasteiger partial charge in [-0.2, -0.15) is 0 Å². The maximum atomic E-state index is 11.2. The Labute approximate surface area is 143 Å². The van der Waals surface area contributed by atoms with Crippen molar-refractivity contribution in [3.05, 3.63) is 59.9 Å². The van der Waals surface area contributed by atoms with Crippen LogP contribution in [0.15, 0.2) is 48.7 Å². The minimum atomic E-state index is -0.465. The molecule has 0 aliphatic heterocycles. The number of aromatic nitrogens is 1. The zero-order chi connectivity index (χ0) is 17.4. The number of ether oxygens (including phenoxy) is 1.